The molecule has 0 saturated carbocycles. The summed E-state index contributed by atoms with van der Waals surface area (Å²) in [5.74, 6) is 0.123. The molecule has 2 aromatic carbocycles. The highest BCUT2D eigenvalue weighted by molar-refractivity contribution is 7.92. The number of hydrogen-bond donors (Lipinski definition) is 2. The molecule has 0 radical (unpaired) electrons. The van der Waals surface area contributed by atoms with Crippen LogP contribution in [0.25, 0.3) is 0 Å². The first-order chi connectivity index (χ1) is 13.2. The van der Waals surface area contributed by atoms with Crippen molar-refractivity contribution in [1.82, 2.24) is 5.32 Å². The van der Waals surface area contributed by atoms with E-state index in [0.29, 0.717) is 18.0 Å². The third-order valence-electron chi connectivity index (χ3n) is 3.80. The molecule has 0 fully saturated rings. The average molecular weight is 407 g/mol. The fraction of sp³-hybridized carbons (Fsp3) is 0.350. The number of ether oxygens (including phenoxy) is 2. The largest absolute Gasteiger partial charge is 0.484 e. The SMILES string of the molecule is COC[C@H](C)NC(=O)COc1ccc(S(=O)(=O)Nc2cc(C)cc(C)c2)cc1. The first-order valence-corrected chi connectivity index (χ1v) is 10.3. The highest BCUT2D eigenvalue weighted by Gasteiger charge is 2.15. The van der Waals surface area contributed by atoms with Gasteiger partial charge in [-0.25, -0.2) is 8.42 Å². The Labute approximate surface area is 166 Å². The van der Waals surface area contributed by atoms with Crippen LogP contribution in [0.4, 0.5) is 5.69 Å². The fourth-order valence-corrected chi connectivity index (χ4v) is 3.76. The molecule has 0 unspecified atom stereocenters. The van der Waals surface area contributed by atoms with Crippen molar-refractivity contribution < 1.29 is 22.7 Å². The number of sulfonamides is 1. The van der Waals surface area contributed by atoms with Crippen LogP contribution in [0, 0.1) is 13.8 Å². The van der Waals surface area contributed by atoms with E-state index in [1.165, 1.54) is 24.3 Å². The lowest BCUT2D eigenvalue weighted by atomic mass is 10.1. The number of methoxy groups -OCH3 is 1. The lowest BCUT2D eigenvalue weighted by molar-refractivity contribution is -0.124. The second-order valence-corrected chi connectivity index (χ2v) is 8.35. The predicted octanol–water partition coefficient (Wildman–Crippen LogP) is 2.63. The fourth-order valence-electron chi connectivity index (χ4n) is 2.72. The molecular formula is C20H26N2O5S. The van der Waals surface area contributed by atoms with E-state index in [4.69, 9.17) is 9.47 Å². The summed E-state index contributed by atoms with van der Waals surface area (Å²) in [5, 5.41) is 2.73. The van der Waals surface area contributed by atoms with Gasteiger partial charge in [-0.2, -0.15) is 0 Å². The van der Waals surface area contributed by atoms with E-state index in [1.807, 2.05) is 26.8 Å². The Morgan fingerprint density at radius 1 is 1.07 bits per heavy atom. The Morgan fingerprint density at radius 3 is 2.25 bits per heavy atom. The van der Waals surface area contributed by atoms with Crippen LogP contribution in [0.2, 0.25) is 0 Å². The quantitative estimate of drug-likeness (QED) is 0.668. The molecule has 152 valence electrons. The third-order valence-corrected chi connectivity index (χ3v) is 5.20. The van der Waals surface area contributed by atoms with Crippen molar-refractivity contribution in [2.75, 3.05) is 25.0 Å². The maximum atomic E-state index is 12.6. The van der Waals surface area contributed by atoms with Gasteiger partial charge in [0.05, 0.1) is 11.5 Å². The van der Waals surface area contributed by atoms with Crippen molar-refractivity contribution in [3.05, 3.63) is 53.6 Å². The molecular weight excluding hydrogens is 380 g/mol. The summed E-state index contributed by atoms with van der Waals surface area (Å²) in [5.41, 5.74) is 2.46. The van der Waals surface area contributed by atoms with E-state index in [2.05, 4.69) is 10.0 Å². The molecule has 8 heteroatoms. The molecule has 0 aliphatic carbocycles. The van der Waals surface area contributed by atoms with Crippen LogP contribution in [0.1, 0.15) is 18.1 Å². The highest BCUT2D eigenvalue weighted by atomic mass is 32.2. The number of carbonyl (C=O) groups is 1. The monoisotopic (exact) mass is 406 g/mol. The molecule has 0 aliphatic rings. The minimum absolute atomic E-state index is 0.108. The number of amides is 1. The van der Waals surface area contributed by atoms with E-state index in [0.717, 1.165) is 11.1 Å². The lowest BCUT2D eigenvalue weighted by Crippen LogP contribution is -2.38. The zero-order valence-corrected chi connectivity index (χ0v) is 17.3. The van der Waals surface area contributed by atoms with Crippen molar-refractivity contribution in [3.63, 3.8) is 0 Å². The second kappa shape index (κ2) is 9.57. The van der Waals surface area contributed by atoms with Gasteiger partial charge in [0.25, 0.3) is 15.9 Å². The maximum Gasteiger partial charge on any atom is 0.261 e. The van der Waals surface area contributed by atoms with E-state index in [-0.39, 0.29) is 23.5 Å². The summed E-state index contributed by atoms with van der Waals surface area (Å²) in [6.07, 6.45) is 0. The molecule has 28 heavy (non-hydrogen) atoms. The smallest absolute Gasteiger partial charge is 0.261 e. The number of carbonyl (C=O) groups excluding carboxylic acids is 1. The van der Waals surface area contributed by atoms with Crippen LogP contribution in [0.5, 0.6) is 5.75 Å². The number of aryl methyl sites for hydroxylation is 2. The van der Waals surface area contributed by atoms with Crippen LogP contribution in [0.3, 0.4) is 0 Å². The Hall–Kier alpha value is -2.58. The molecule has 0 saturated heterocycles. The molecule has 1 atom stereocenters. The van der Waals surface area contributed by atoms with Gasteiger partial charge in [0, 0.05) is 18.8 Å². The van der Waals surface area contributed by atoms with Gasteiger partial charge in [0.2, 0.25) is 0 Å². The Balaban J connectivity index is 1.98. The maximum absolute atomic E-state index is 12.6. The first kappa shape index (κ1) is 21.7. The number of hydrogen-bond acceptors (Lipinski definition) is 5. The second-order valence-electron chi connectivity index (χ2n) is 6.67. The molecule has 0 aliphatic heterocycles. The van der Waals surface area contributed by atoms with Gasteiger partial charge in [0.1, 0.15) is 5.75 Å². The van der Waals surface area contributed by atoms with Gasteiger partial charge >= 0.3 is 0 Å². The van der Waals surface area contributed by atoms with E-state index >= 15 is 0 Å². The van der Waals surface area contributed by atoms with Gasteiger partial charge in [0.15, 0.2) is 6.61 Å². The molecule has 0 bridgehead atoms. The Bertz CT molecular complexity index is 890. The average Bonchev–Trinajstić information content (AvgIpc) is 2.59. The standard InChI is InChI=1S/C20H26N2O5S/c1-14-9-15(2)11-17(10-14)22-28(24,25)19-7-5-18(6-8-19)27-13-20(23)21-16(3)12-26-4/h5-11,16,22H,12-13H2,1-4H3,(H,21,23)/t16-/m0/s1. The summed E-state index contributed by atoms with van der Waals surface area (Å²) in [6, 6.07) is 11.3. The molecule has 0 spiro atoms. The summed E-state index contributed by atoms with van der Waals surface area (Å²) in [7, 11) is -2.16. The van der Waals surface area contributed by atoms with E-state index < -0.39 is 10.0 Å². The van der Waals surface area contributed by atoms with E-state index in [9.17, 15) is 13.2 Å². The third kappa shape index (κ3) is 6.54. The van der Waals surface area contributed by atoms with Gasteiger partial charge in [-0.05, 0) is 68.3 Å². The molecule has 1 amide bonds. The van der Waals surface area contributed by atoms with Crippen molar-refractivity contribution in [2.45, 2.75) is 31.7 Å². The number of benzene rings is 2. The summed E-state index contributed by atoms with van der Waals surface area (Å²) in [4.78, 5) is 11.9. The van der Waals surface area contributed by atoms with Crippen LogP contribution in [-0.4, -0.2) is 40.7 Å². The minimum Gasteiger partial charge on any atom is -0.484 e. The molecule has 0 heterocycles. The van der Waals surface area contributed by atoms with E-state index in [1.54, 1.807) is 19.2 Å². The topological polar surface area (TPSA) is 93.7 Å². The van der Waals surface area contributed by atoms with Gasteiger partial charge in [-0.1, -0.05) is 6.07 Å². The van der Waals surface area contributed by atoms with Crippen molar-refractivity contribution in [2.24, 2.45) is 0 Å². The zero-order valence-electron chi connectivity index (χ0n) is 16.5. The molecule has 0 aromatic heterocycles. The summed E-state index contributed by atoms with van der Waals surface area (Å²) >= 11 is 0. The van der Waals surface area contributed by atoms with Gasteiger partial charge in [-0.15, -0.1) is 0 Å². The van der Waals surface area contributed by atoms with Gasteiger partial charge < -0.3 is 14.8 Å². The molecule has 2 aromatic rings. The summed E-state index contributed by atoms with van der Waals surface area (Å²) in [6.45, 7) is 5.88. The van der Waals surface area contributed by atoms with Crippen molar-refractivity contribution in [3.8, 4) is 5.75 Å². The number of nitrogens with one attached hydrogen (secondary N) is 2. The molecule has 7 nitrogen and oxygen atoms in total. The number of anilines is 1. The normalized spacial score (nSPS) is 12.3. The highest BCUT2D eigenvalue weighted by Crippen LogP contribution is 2.21. The summed E-state index contributed by atoms with van der Waals surface area (Å²) < 4.78 is 38.0. The molecule has 2 N–H and O–H groups in total. The number of rotatable bonds is 9. The predicted molar refractivity (Wildman–Crippen MR) is 108 cm³/mol. The minimum atomic E-state index is -3.72. The van der Waals surface area contributed by atoms with Crippen LogP contribution in [0.15, 0.2) is 47.4 Å². The zero-order chi connectivity index (χ0) is 20.7. The Morgan fingerprint density at radius 2 is 1.68 bits per heavy atom. The van der Waals surface area contributed by atoms with Crippen LogP contribution in [-0.2, 0) is 19.6 Å². The van der Waals surface area contributed by atoms with Crippen LogP contribution < -0.4 is 14.8 Å². The van der Waals surface area contributed by atoms with Crippen molar-refractivity contribution >= 4 is 21.6 Å². The molecule has 2 rings (SSSR count). The Kier molecular flexibility index (Phi) is 7.42. The van der Waals surface area contributed by atoms with Gasteiger partial charge in [-0.3, -0.25) is 9.52 Å². The van der Waals surface area contributed by atoms with Crippen molar-refractivity contribution in [1.29, 1.82) is 0 Å². The lowest BCUT2D eigenvalue weighted by Gasteiger charge is -2.13. The van der Waals surface area contributed by atoms with Crippen LogP contribution >= 0.6 is 0 Å². The first-order valence-electron chi connectivity index (χ1n) is 8.82.